The highest BCUT2D eigenvalue weighted by Gasteiger charge is 2.16. The summed E-state index contributed by atoms with van der Waals surface area (Å²) in [5, 5.41) is 12.8. The fraction of sp³-hybridized carbons (Fsp3) is 0.833. The molecule has 84 valence electrons. The van der Waals surface area contributed by atoms with E-state index in [4.69, 9.17) is 10.1 Å². The Labute approximate surface area is 92.1 Å². The minimum atomic E-state index is 0.205. The molecule has 0 saturated heterocycles. The number of nitriles is 1. The van der Waals surface area contributed by atoms with Crippen molar-refractivity contribution in [2.75, 3.05) is 7.11 Å². The zero-order valence-electron chi connectivity index (χ0n) is 9.48. The van der Waals surface area contributed by atoms with Crippen LogP contribution < -0.4 is 0 Å². The van der Waals surface area contributed by atoms with Crippen molar-refractivity contribution in [1.82, 2.24) is 0 Å². The summed E-state index contributed by atoms with van der Waals surface area (Å²) in [5.74, 6) is 0.629. The van der Waals surface area contributed by atoms with Crippen LogP contribution in [0.15, 0.2) is 5.16 Å². The Morgan fingerprint density at radius 3 is 2.67 bits per heavy atom. The van der Waals surface area contributed by atoms with Crippen molar-refractivity contribution in [1.29, 1.82) is 5.26 Å². The third-order valence-electron chi connectivity index (χ3n) is 3.02. The highest BCUT2D eigenvalue weighted by molar-refractivity contribution is 5.59. The lowest BCUT2D eigenvalue weighted by atomic mass is 9.91. The van der Waals surface area contributed by atoms with Crippen LogP contribution in [0.25, 0.3) is 0 Å². The van der Waals surface area contributed by atoms with Crippen LogP contribution in [0.2, 0.25) is 0 Å². The maximum absolute atomic E-state index is 9.02. The smallest absolute Gasteiger partial charge is 0.106 e. The molecule has 1 aliphatic rings. The van der Waals surface area contributed by atoms with Gasteiger partial charge in [0.1, 0.15) is 7.11 Å². The van der Waals surface area contributed by atoms with Crippen molar-refractivity contribution in [3.8, 4) is 6.07 Å². The van der Waals surface area contributed by atoms with Crippen LogP contribution in [0.1, 0.15) is 44.9 Å². The van der Waals surface area contributed by atoms with Gasteiger partial charge < -0.3 is 4.84 Å². The van der Waals surface area contributed by atoms with Gasteiger partial charge in [0.05, 0.1) is 6.07 Å². The van der Waals surface area contributed by atoms with Crippen LogP contribution in [-0.2, 0) is 4.84 Å². The molecule has 0 bridgehead atoms. The van der Waals surface area contributed by atoms with Crippen molar-refractivity contribution in [2.45, 2.75) is 44.9 Å². The van der Waals surface area contributed by atoms with Crippen molar-refractivity contribution < 1.29 is 4.84 Å². The highest BCUT2D eigenvalue weighted by Crippen LogP contribution is 2.24. The standard InChI is InChI=1S/C12H20N2O/c1-15-14-10-12-7-5-3-2-4-6-11(8-12)9-13/h10-12H,2-8H2,1H3/b14-10+. The van der Waals surface area contributed by atoms with E-state index < -0.39 is 0 Å². The third-order valence-corrected chi connectivity index (χ3v) is 3.02. The van der Waals surface area contributed by atoms with Gasteiger partial charge in [-0.2, -0.15) is 5.26 Å². The van der Waals surface area contributed by atoms with Crippen LogP contribution >= 0.6 is 0 Å². The molecule has 0 aromatic carbocycles. The zero-order valence-corrected chi connectivity index (χ0v) is 9.48. The Hall–Kier alpha value is -1.04. The van der Waals surface area contributed by atoms with E-state index >= 15 is 0 Å². The fourth-order valence-electron chi connectivity index (χ4n) is 2.15. The molecule has 1 rings (SSSR count). The molecular formula is C12H20N2O. The fourth-order valence-corrected chi connectivity index (χ4v) is 2.15. The first-order chi connectivity index (χ1) is 7.36. The van der Waals surface area contributed by atoms with E-state index in [1.807, 2.05) is 6.21 Å². The summed E-state index contributed by atoms with van der Waals surface area (Å²) in [4.78, 5) is 4.70. The van der Waals surface area contributed by atoms with Gasteiger partial charge in [-0.05, 0) is 25.2 Å². The Morgan fingerprint density at radius 1 is 1.27 bits per heavy atom. The largest absolute Gasteiger partial charge is 0.399 e. The summed E-state index contributed by atoms with van der Waals surface area (Å²) in [5.41, 5.74) is 0. The number of nitrogens with zero attached hydrogens (tertiary/aromatic N) is 2. The minimum absolute atomic E-state index is 0.205. The first-order valence-corrected chi connectivity index (χ1v) is 5.83. The maximum atomic E-state index is 9.02. The first-order valence-electron chi connectivity index (χ1n) is 5.83. The van der Waals surface area contributed by atoms with E-state index in [-0.39, 0.29) is 5.92 Å². The van der Waals surface area contributed by atoms with Crippen LogP contribution in [0.4, 0.5) is 0 Å². The lowest BCUT2D eigenvalue weighted by Crippen LogP contribution is -2.08. The lowest BCUT2D eigenvalue weighted by molar-refractivity contribution is 0.212. The van der Waals surface area contributed by atoms with E-state index in [9.17, 15) is 0 Å². The Balaban J connectivity index is 2.50. The summed E-state index contributed by atoms with van der Waals surface area (Å²) in [7, 11) is 1.56. The molecule has 0 spiro atoms. The third kappa shape index (κ3) is 4.83. The van der Waals surface area contributed by atoms with E-state index in [2.05, 4.69) is 11.2 Å². The second kappa shape index (κ2) is 7.28. The summed E-state index contributed by atoms with van der Waals surface area (Å²) in [6.45, 7) is 0. The molecule has 1 fully saturated rings. The molecule has 0 radical (unpaired) electrons. The second-order valence-corrected chi connectivity index (χ2v) is 4.25. The topological polar surface area (TPSA) is 45.4 Å². The summed E-state index contributed by atoms with van der Waals surface area (Å²) >= 11 is 0. The van der Waals surface area contributed by atoms with E-state index in [0.29, 0.717) is 5.92 Å². The van der Waals surface area contributed by atoms with Crippen molar-refractivity contribution >= 4 is 6.21 Å². The van der Waals surface area contributed by atoms with E-state index in [1.54, 1.807) is 7.11 Å². The molecular weight excluding hydrogens is 188 g/mol. The Bertz CT molecular complexity index is 232. The quantitative estimate of drug-likeness (QED) is 0.517. The first kappa shape index (κ1) is 12.0. The van der Waals surface area contributed by atoms with Crippen LogP contribution in [0.5, 0.6) is 0 Å². The monoisotopic (exact) mass is 208 g/mol. The van der Waals surface area contributed by atoms with Gasteiger partial charge in [0.15, 0.2) is 0 Å². The maximum Gasteiger partial charge on any atom is 0.106 e. The van der Waals surface area contributed by atoms with Gasteiger partial charge in [0, 0.05) is 12.1 Å². The van der Waals surface area contributed by atoms with E-state index in [1.165, 1.54) is 25.7 Å². The van der Waals surface area contributed by atoms with Gasteiger partial charge in [0.2, 0.25) is 0 Å². The van der Waals surface area contributed by atoms with Gasteiger partial charge in [-0.25, -0.2) is 0 Å². The van der Waals surface area contributed by atoms with Crippen molar-refractivity contribution in [2.24, 2.45) is 17.0 Å². The molecule has 1 aliphatic carbocycles. The number of hydrogen-bond donors (Lipinski definition) is 0. The normalized spacial score (nSPS) is 28.8. The molecule has 3 heteroatoms. The zero-order chi connectivity index (χ0) is 10.9. The molecule has 0 N–H and O–H groups in total. The van der Waals surface area contributed by atoms with Crippen LogP contribution in [-0.4, -0.2) is 13.3 Å². The molecule has 2 atom stereocenters. The number of oxime groups is 1. The predicted molar refractivity (Wildman–Crippen MR) is 60.4 cm³/mol. The molecule has 3 nitrogen and oxygen atoms in total. The van der Waals surface area contributed by atoms with Crippen molar-refractivity contribution in [3.05, 3.63) is 0 Å². The number of rotatable bonds is 2. The molecule has 0 aromatic heterocycles. The average Bonchev–Trinajstić information content (AvgIpc) is 2.37. The van der Waals surface area contributed by atoms with Gasteiger partial charge in [0.25, 0.3) is 0 Å². The average molecular weight is 208 g/mol. The molecule has 0 aliphatic heterocycles. The number of hydrogen-bond acceptors (Lipinski definition) is 3. The van der Waals surface area contributed by atoms with Crippen LogP contribution in [0.3, 0.4) is 0 Å². The van der Waals surface area contributed by atoms with E-state index in [0.717, 1.165) is 19.3 Å². The molecule has 1 saturated carbocycles. The predicted octanol–water partition coefficient (Wildman–Crippen LogP) is 3.12. The van der Waals surface area contributed by atoms with Crippen molar-refractivity contribution in [3.63, 3.8) is 0 Å². The Kier molecular flexibility index (Phi) is 5.84. The highest BCUT2D eigenvalue weighted by atomic mass is 16.6. The van der Waals surface area contributed by atoms with Gasteiger partial charge in [-0.15, -0.1) is 0 Å². The summed E-state index contributed by atoms with van der Waals surface area (Å²) < 4.78 is 0. The van der Waals surface area contributed by atoms with Gasteiger partial charge >= 0.3 is 0 Å². The molecule has 2 unspecified atom stereocenters. The minimum Gasteiger partial charge on any atom is -0.399 e. The molecule has 0 amide bonds. The second-order valence-electron chi connectivity index (χ2n) is 4.25. The summed E-state index contributed by atoms with van der Waals surface area (Å²) in [6, 6.07) is 2.40. The molecule has 15 heavy (non-hydrogen) atoms. The summed E-state index contributed by atoms with van der Waals surface area (Å²) in [6.07, 6.45) is 10.0. The Morgan fingerprint density at radius 2 is 2.00 bits per heavy atom. The van der Waals surface area contributed by atoms with Gasteiger partial charge in [-0.1, -0.05) is 30.8 Å². The lowest BCUT2D eigenvalue weighted by Gasteiger charge is -2.13. The molecule has 0 aromatic rings. The van der Waals surface area contributed by atoms with Crippen LogP contribution in [0, 0.1) is 23.2 Å². The SMILES string of the molecule is CO/N=C/C1CCCCCCC(C#N)C1. The molecule has 0 heterocycles. The van der Waals surface area contributed by atoms with Gasteiger partial charge in [-0.3, -0.25) is 0 Å².